The Morgan fingerprint density at radius 2 is 1.97 bits per heavy atom. The van der Waals surface area contributed by atoms with Crippen molar-refractivity contribution in [1.29, 1.82) is 0 Å². The van der Waals surface area contributed by atoms with Crippen LogP contribution in [0.25, 0.3) is 0 Å². The van der Waals surface area contributed by atoms with Gasteiger partial charge in [0.1, 0.15) is 11.9 Å². The highest BCUT2D eigenvalue weighted by Crippen LogP contribution is 2.35. The molecule has 178 valence electrons. The number of piperidine rings is 1. The second-order valence-corrected chi connectivity index (χ2v) is 9.38. The maximum atomic E-state index is 12.4. The number of rotatable bonds is 9. The Bertz CT molecular complexity index is 1070. The van der Waals surface area contributed by atoms with Crippen LogP contribution in [0.2, 0.25) is 0 Å². The number of hydrogen-bond acceptors (Lipinski definition) is 12. The number of nitrogens with zero attached hydrogens (tertiary/aromatic N) is 2. The van der Waals surface area contributed by atoms with E-state index in [9.17, 15) is 22.8 Å². The summed E-state index contributed by atoms with van der Waals surface area (Å²) in [5.41, 5.74) is 4.01. The van der Waals surface area contributed by atoms with Crippen molar-refractivity contribution in [1.82, 2.24) is 9.96 Å². The standard InChI is InChI=1S/C18H25N3O10S/c1-10-14(30-17(24)29-10)8-27-16(23)18(3,4)9-28-32(25,26)31-21-11(2)20-7-12(21)5-6-13(20)15(19)22/h12-13H,2,5-9H2,1,3-4H3,(H2,19,22)/t12-,13+/m1/s1. The molecule has 2 bridgehead atoms. The van der Waals surface area contributed by atoms with Crippen LogP contribution in [0.15, 0.2) is 26.0 Å². The Morgan fingerprint density at radius 1 is 1.28 bits per heavy atom. The first kappa shape index (κ1) is 23.8. The van der Waals surface area contributed by atoms with Gasteiger partial charge in [-0.15, -0.1) is 4.28 Å². The van der Waals surface area contributed by atoms with Crippen molar-refractivity contribution < 1.29 is 40.0 Å². The van der Waals surface area contributed by atoms with Crippen LogP contribution in [0.4, 0.5) is 0 Å². The highest BCUT2D eigenvalue weighted by molar-refractivity contribution is 7.81. The van der Waals surface area contributed by atoms with Crippen LogP contribution in [0.3, 0.4) is 0 Å². The molecule has 13 nitrogen and oxygen atoms in total. The summed E-state index contributed by atoms with van der Waals surface area (Å²) in [4.78, 5) is 36.6. The summed E-state index contributed by atoms with van der Waals surface area (Å²) in [7, 11) is -4.57. The topological polar surface area (TPSA) is 172 Å². The smallest absolute Gasteiger partial charge is 0.457 e. The second-order valence-electron chi connectivity index (χ2n) is 8.18. The lowest BCUT2D eigenvalue weighted by molar-refractivity contribution is -0.157. The molecule has 14 heteroatoms. The number of carbonyl (C=O) groups excluding carboxylic acids is 2. The van der Waals surface area contributed by atoms with E-state index in [1.54, 1.807) is 4.90 Å². The van der Waals surface area contributed by atoms with E-state index in [0.717, 1.165) is 5.06 Å². The number of ether oxygens (including phenoxy) is 1. The average molecular weight is 475 g/mol. The number of aryl methyl sites for hydroxylation is 1. The SMILES string of the molecule is C=C1N2C[C@@H](CC[C@H]2C(N)=O)N1OS(=O)(=O)OCC(C)(C)C(=O)OCc1oc(=O)oc1C. The van der Waals surface area contributed by atoms with E-state index in [0.29, 0.717) is 19.4 Å². The minimum Gasteiger partial charge on any atom is -0.457 e. The third-order valence-electron chi connectivity index (χ3n) is 5.26. The Balaban J connectivity index is 1.56. The molecule has 32 heavy (non-hydrogen) atoms. The highest BCUT2D eigenvalue weighted by Gasteiger charge is 2.46. The lowest BCUT2D eigenvalue weighted by Gasteiger charge is -2.29. The molecule has 2 fully saturated rings. The Kier molecular flexibility index (Phi) is 6.40. The minimum atomic E-state index is -4.57. The number of amides is 1. The van der Waals surface area contributed by atoms with Crippen LogP contribution >= 0.6 is 0 Å². The molecule has 1 amide bonds. The zero-order chi connectivity index (χ0) is 23.8. The van der Waals surface area contributed by atoms with Crippen molar-refractivity contribution in [3.8, 4) is 0 Å². The number of primary amides is 1. The fourth-order valence-corrected chi connectivity index (χ4v) is 4.28. The second kappa shape index (κ2) is 8.60. The molecule has 0 aromatic carbocycles. The van der Waals surface area contributed by atoms with Crippen molar-refractivity contribution in [3.05, 3.63) is 34.5 Å². The molecule has 0 spiro atoms. The van der Waals surface area contributed by atoms with Crippen LogP contribution in [-0.2, 0) is 39.8 Å². The lowest BCUT2D eigenvalue weighted by atomic mass is 9.95. The van der Waals surface area contributed by atoms with Gasteiger partial charge < -0.3 is 24.2 Å². The highest BCUT2D eigenvalue weighted by atomic mass is 32.3. The predicted octanol–water partition coefficient (Wildman–Crippen LogP) is -0.0913. The molecule has 2 aliphatic rings. The first-order valence-corrected chi connectivity index (χ1v) is 11.0. The van der Waals surface area contributed by atoms with Gasteiger partial charge >= 0.3 is 22.2 Å². The van der Waals surface area contributed by atoms with Gasteiger partial charge in [-0.3, -0.25) is 9.59 Å². The maximum Gasteiger partial charge on any atom is 0.519 e. The number of hydrogen-bond donors (Lipinski definition) is 1. The van der Waals surface area contributed by atoms with Gasteiger partial charge in [0, 0.05) is 6.54 Å². The molecular formula is C18H25N3O10S. The van der Waals surface area contributed by atoms with Crippen LogP contribution in [-0.4, -0.2) is 55.5 Å². The van der Waals surface area contributed by atoms with E-state index < -0.39 is 46.2 Å². The normalized spacial score (nSPS) is 21.2. The summed E-state index contributed by atoms with van der Waals surface area (Å²) in [6.07, 6.45) is 0.912. The summed E-state index contributed by atoms with van der Waals surface area (Å²) in [6.45, 7) is 7.46. The number of fused-ring (bicyclic) bond motifs is 2. The number of nitrogens with two attached hydrogens (primary N) is 1. The number of carbonyl (C=O) groups is 2. The van der Waals surface area contributed by atoms with Gasteiger partial charge in [-0.05, 0) is 33.6 Å². The quantitative estimate of drug-likeness (QED) is 0.471. The fourth-order valence-electron chi connectivity index (χ4n) is 3.40. The van der Waals surface area contributed by atoms with E-state index in [2.05, 4.69) is 11.0 Å². The van der Waals surface area contributed by atoms with E-state index in [-0.39, 0.29) is 30.0 Å². The molecule has 1 aromatic rings. The zero-order valence-corrected chi connectivity index (χ0v) is 18.7. The number of hydroxylamine groups is 2. The van der Waals surface area contributed by atoms with Crippen LogP contribution < -0.4 is 11.6 Å². The monoisotopic (exact) mass is 475 g/mol. The van der Waals surface area contributed by atoms with Gasteiger partial charge in [0.15, 0.2) is 18.1 Å². The number of esters is 1. The summed E-state index contributed by atoms with van der Waals surface area (Å²) in [6, 6.07) is -0.935. The average Bonchev–Trinajstić information content (AvgIpc) is 3.15. The molecule has 3 heterocycles. The third kappa shape index (κ3) is 4.97. The molecule has 0 unspecified atom stereocenters. The van der Waals surface area contributed by atoms with E-state index in [4.69, 9.17) is 23.4 Å². The first-order chi connectivity index (χ1) is 14.8. The van der Waals surface area contributed by atoms with Crippen molar-refractivity contribution in [2.24, 2.45) is 11.1 Å². The van der Waals surface area contributed by atoms with Gasteiger partial charge in [0.2, 0.25) is 5.91 Å². The largest absolute Gasteiger partial charge is 0.519 e. The van der Waals surface area contributed by atoms with Gasteiger partial charge in [0.25, 0.3) is 0 Å². The Labute approximate surface area is 183 Å². The molecule has 2 saturated heterocycles. The molecule has 2 N–H and O–H groups in total. The minimum absolute atomic E-state index is 0.0407. The lowest BCUT2D eigenvalue weighted by Crippen LogP contribution is -2.46. The van der Waals surface area contributed by atoms with Crippen molar-refractivity contribution in [2.75, 3.05) is 13.2 Å². The first-order valence-electron chi connectivity index (χ1n) is 9.70. The van der Waals surface area contributed by atoms with Gasteiger partial charge in [-0.1, -0.05) is 6.58 Å². The Hall–Kier alpha value is -2.84. The molecule has 2 aliphatic heterocycles. The third-order valence-corrected chi connectivity index (χ3v) is 6.01. The molecule has 0 aliphatic carbocycles. The van der Waals surface area contributed by atoms with Crippen LogP contribution in [0.1, 0.15) is 38.2 Å². The van der Waals surface area contributed by atoms with Crippen LogP contribution in [0.5, 0.6) is 0 Å². The van der Waals surface area contributed by atoms with E-state index >= 15 is 0 Å². The predicted molar refractivity (Wildman–Crippen MR) is 105 cm³/mol. The van der Waals surface area contributed by atoms with Gasteiger partial charge in [0.05, 0.1) is 18.1 Å². The van der Waals surface area contributed by atoms with Crippen molar-refractivity contribution in [3.63, 3.8) is 0 Å². The van der Waals surface area contributed by atoms with Gasteiger partial charge in [-0.25, -0.2) is 14.0 Å². The molecule has 0 radical (unpaired) electrons. The Morgan fingerprint density at radius 3 is 2.56 bits per heavy atom. The summed E-state index contributed by atoms with van der Waals surface area (Å²) >= 11 is 0. The molecule has 3 rings (SSSR count). The van der Waals surface area contributed by atoms with Crippen LogP contribution in [0, 0.1) is 12.3 Å². The molecule has 2 atom stereocenters. The van der Waals surface area contributed by atoms with Crippen molar-refractivity contribution >= 4 is 22.3 Å². The van der Waals surface area contributed by atoms with E-state index in [1.165, 1.54) is 20.8 Å². The fraction of sp³-hybridized carbons (Fsp3) is 0.611. The van der Waals surface area contributed by atoms with Gasteiger partial charge in [-0.2, -0.15) is 8.42 Å². The molecule has 1 aromatic heterocycles. The zero-order valence-electron chi connectivity index (χ0n) is 17.9. The summed E-state index contributed by atoms with van der Waals surface area (Å²) < 4.78 is 49.2. The maximum absolute atomic E-state index is 12.4. The van der Waals surface area contributed by atoms with Crippen molar-refractivity contribution in [2.45, 2.75) is 52.3 Å². The molecular weight excluding hydrogens is 450 g/mol. The summed E-state index contributed by atoms with van der Waals surface area (Å²) in [5.74, 6) is -1.87. The molecule has 0 saturated carbocycles. The summed E-state index contributed by atoms with van der Waals surface area (Å²) in [5, 5.41) is 1.08. The van der Waals surface area contributed by atoms with E-state index in [1.807, 2.05) is 0 Å².